The number of carbonyl (C=O) groups is 4. The molecule has 2 aromatic carbocycles. The summed E-state index contributed by atoms with van der Waals surface area (Å²) >= 11 is 0. The topological polar surface area (TPSA) is 160 Å². The third-order valence-electron chi connectivity index (χ3n) is 6.27. The second kappa shape index (κ2) is 19.9. The summed E-state index contributed by atoms with van der Waals surface area (Å²) in [6, 6.07) is 19.1. The van der Waals surface area contributed by atoms with E-state index in [0.717, 1.165) is 24.2 Å². The number of benzene rings is 2. The van der Waals surface area contributed by atoms with Crippen LogP contribution in [-0.2, 0) is 23.9 Å². The highest BCUT2D eigenvalue weighted by atomic mass is 16.5. The van der Waals surface area contributed by atoms with Crippen molar-refractivity contribution < 1.29 is 29.0 Å². The number of methoxy groups -OCH3 is 1. The summed E-state index contributed by atoms with van der Waals surface area (Å²) < 4.78 is 4.68. The van der Waals surface area contributed by atoms with Crippen LogP contribution in [0.15, 0.2) is 73.3 Å². The van der Waals surface area contributed by atoms with Gasteiger partial charge in [-0.25, -0.2) is 0 Å². The van der Waals surface area contributed by atoms with Crippen LogP contribution in [0.4, 0.5) is 11.4 Å². The van der Waals surface area contributed by atoms with Gasteiger partial charge in [-0.1, -0.05) is 57.8 Å². The first-order valence-electron chi connectivity index (χ1n) is 12.8. The molecule has 0 aromatic heterocycles. The molecule has 6 N–H and O–H groups in total. The lowest BCUT2D eigenvalue weighted by Crippen LogP contribution is -2.45. The molecule has 2 aliphatic carbocycles. The van der Waals surface area contributed by atoms with Crippen molar-refractivity contribution in [3.8, 4) is 0 Å². The first-order valence-corrected chi connectivity index (χ1v) is 12.8. The zero-order chi connectivity index (χ0) is 28.6. The predicted molar refractivity (Wildman–Crippen MR) is 163 cm³/mol. The Bertz CT molecular complexity index is 1070. The monoisotopic (exact) mass is 570 g/mol. The number of hydrogen-bond donors (Lipinski definition) is 5. The molecule has 4 rings (SSSR count). The number of amides is 2. The van der Waals surface area contributed by atoms with Gasteiger partial charge < -0.3 is 31.5 Å². The third-order valence-corrected chi connectivity index (χ3v) is 6.27. The molecule has 226 valence electrons. The quantitative estimate of drug-likeness (QED) is 0.218. The van der Waals surface area contributed by atoms with Crippen LogP contribution < -0.4 is 21.7 Å². The largest absolute Gasteiger partial charge is 0.481 e. The minimum Gasteiger partial charge on any atom is -0.481 e. The fourth-order valence-corrected chi connectivity index (χ4v) is 3.86. The highest BCUT2D eigenvalue weighted by Crippen LogP contribution is 2.28. The van der Waals surface area contributed by atoms with Crippen molar-refractivity contribution in [3.05, 3.63) is 73.3 Å². The summed E-state index contributed by atoms with van der Waals surface area (Å²) in [4.78, 5) is 43.7. The molecule has 2 saturated carbocycles. The maximum Gasteiger partial charge on any atom is 0.308 e. The zero-order valence-electron chi connectivity index (χ0n) is 22.2. The Labute approximate surface area is 243 Å². The van der Waals surface area contributed by atoms with Crippen molar-refractivity contribution in [1.29, 1.82) is 0 Å². The maximum absolute atomic E-state index is 11.7. The molecule has 0 atom stereocenters. The molecule has 0 aliphatic heterocycles. The van der Waals surface area contributed by atoms with Gasteiger partial charge in [0, 0.05) is 36.4 Å². The summed E-state index contributed by atoms with van der Waals surface area (Å²) in [5, 5.41) is 17.0. The van der Waals surface area contributed by atoms with E-state index in [2.05, 4.69) is 27.3 Å². The van der Waals surface area contributed by atoms with Gasteiger partial charge in [0.05, 0.1) is 18.9 Å². The number of nitrogens with one attached hydrogen (secondary N) is 3. The Balaban J connectivity index is 0.000000644. The van der Waals surface area contributed by atoms with Crippen LogP contribution in [0.2, 0.25) is 0 Å². The Morgan fingerprint density at radius 1 is 0.902 bits per heavy atom. The lowest BCUT2D eigenvalue weighted by atomic mass is 9.80. The molecule has 0 bridgehead atoms. The van der Waals surface area contributed by atoms with E-state index in [0.29, 0.717) is 31.8 Å². The number of aliphatic carboxylic acids is 1. The van der Waals surface area contributed by atoms with E-state index in [4.69, 9.17) is 10.8 Å². The van der Waals surface area contributed by atoms with Crippen molar-refractivity contribution in [2.75, 3.05) is 24.3 Å². The number of esters is 1. The van der Waals surface area contributed by atoms with Crippen LogP contribution in [0.25, 0.3) is 0 Å². The van der Waals surface area contributed by atoms with E-state index in [-0.39, 0.29) is 50.5 Å². The first kappa shape index (κ1) is 37.0. The lowest BCUT2D eigenvalue weighted by molar-refractivity contribution is -0.149. The first-order chi connectivity index (χ1) is 18.7. The van der Waals surface area contributed by atoms with E-state index in [1.807, 2.05) is 60.7 Å². The number of carboxylic acids is 1. The van der Waals surface area contributed by atoms with Gasteiger partial charge in [-0.2, -0.15) is 0 Å². The SMILES string of the molecule is C.C.C=CC(=O)Nc1ccccc1.COC(=O)C1CC(NCCC(=O)Nc2ccccc2)C1.NC1CC(C(=O)O)C1. The number of carboxylic acid groups (broad SMARTS) is 1. The summed E-state index contributed by atoms with van der Waals surface area (Å²) in [5.41, 5.74) is 6.94. The highest BCUT2D eigenvalue weighted by molar-refractivity contribution is 5.98. The molecule has 2 fully saturated rings. The molecule has 0 unspecified atom stereocenters. The van der Waals surface area contributed by atoms with Gasteiger partial charge in [-0.15, -0.1) is 0 Å². The molecule has 41 heavy (non-hydrogen) atoms. The Morgan fingerprint density at radius 3 is 1.83 bits per heavy atom. The van der Waals surface area contributed by atoms with Gasteiger partial charge in [0.15, 0.2) is 0 Å². The van der Waals surface area contributed by atoms with Gasteiger partial charge in [0.1, 0.15) is 0 Å². The van der Waals surface area contributed by atoms with Crippen LogP contribution in [0, 0.1) is 11.8 Å². The van der Waals surface area contributed by atoms with Crippen LogP contribution >= 0.6 is 0 Å². The molecule has 2 amide bonds. The average molecular weight is 571 g/mol. The molecular formula is C31H46N4O6. The molecule has 0 spiro atoms. The molecule has 2 aliphatic rings. The summed E-state index contributed by atoms with van der Waals surface area (Å²) in [6.45, 7) is 3.97. The minimum absolute atomic E-state index is 0. The van der Waals surface area contributed by atoms with Gasteiger partial charge >= 0.3 is 11.9 Å². The molecule has 10 nitrogen and oxygen atoms in total. The predicted octanol–water partition coefficient (Wildman–Crippen LogP) is 4.45. The lowest BCUT2D eigenvalue weighted by Gasteiger charge is -2.33. The summed E-state index contributed by atoms with van der Waals surface area (Å²) in [6.07, 6.45) is 4.59. The van der Waals surface area contributed by atoms with Crippen molar-refractivity contribution in [2.45, 2.75) is 59.0 Å². The van der Waals surface area contributed by atoms with Crippen molar-refractivity contribution in [1.82, 2.24) is 5.32 Å². The van der Waals surface area contributed by atoms with Crippen molar-refractivity contribution in [2.24, 2.45) is 17.6 Å². The van der Waals surface area contributed by atoms with Crippen LogP contribution in [0.1, 0.15) is 47.0 Å². The highest BCUT2D eigenvalue weighted by Gasteiger charge is 2.34. The standard InChI is InChI=1S/C15H20N2O3.C9H9NO.C5H9NO2.2CH4/c1-20-15(19)11-9-13(10-11)16-8-7-14(18)17-12-5-3-2-4-6-12;1-2-9(11)10-8-6-4-3-5-7-8;6-4-1-3(2-4)5(7)8;;/h2-6,11,13,16H,7-10H2,1H3,(H,17,18);2-7H,1H2,(H,10,11);3-4H,1-2,6H2,(H,7,8);2*1H4. The summed E-state index contributed by atoms with van der Waals surface area (Å²) in [7, 11) is 1.41. The molecular weight excluding hydrogens is 524 g/mol. The average Bonchev–Trinajstić information content (AvgIpc) is 2.89. The normalized spacial score (nSPS) is 19.6. The number of carbonyl (C=O) groups excluding carboxylic acids is 3. The van der Waals surface area contributed by atoms with Gasteiger partial charge in [-0.05, 0) is 56.0 Å². The Morgan fingerprint density at radius 2 is 1.41 bits per heavy atom. The fourth-order valence-electron chi connectivity index (χ4n) is 3.86. The number of rotatable bonds is 9. The third kappa shape index (κ3) is 14.3. The number of hydrogen-bond acceptors (Lipinski definition) is 7. The van der Waals surface area contributed by atoms with E-state index < -0.39 is 5.97 Å². The maximum atomic E-state index is 11.7. The molecule has 10 heteroatoms. The summed E-state index contributed by atoms with van der Waals surface area (Å²) in [5.74, 6) is -1.15. The van der Waals surface area contributed by atoms with E-state index in [1.54, 1.807) is 0 Å². The Kier molecular flexibility index (Phi) is 18.0. The van der Waals surface area contributed by atoms with Crippen LogP contribution in [-0.4, -0.2) is 54.6 Å². The van der Waals surface area contributed by atoms with E-state index in [9.17, 15) is 19.2 Å². The van der Waals surface area contributed by atoms with Gasteiger partial charge in [-0.3, -0.25) is 19.2 Å². The number of nitrogens with two attached hydrogens (primary N) is 1. The number of para-hydroxylation sites is 2. The Hall–Kier alpha value is -4.02. The fraction of sp³-hybridized carbons (Fsp3) is 0.419. The molecule has 0 saturated heterocycles. The van der Waals surface area contributed by atoms with Gasteiger partial charge in [0.25, 0.3) is 0 Å². The van der Waals surface area contributed by atoms with E-state index in [1.165, 1.54) is 13.2 Å². The van der Waals surface area contributed by atoms with Gasteiger partial charge in [0.2, 0.25) is 11.8 Å². The van der Waals surface area contributed by atoms with Crippen molar-refractivity contribution in [3.63, 3.8) is 0 Å². The number of ether oxygens (including phenoxy) is 1. The molecule has 2 aromatic rings. The molecule has 0 radical (unpaired) electrons. The zero-order valence-corrected chi connectivity index (χ0v) is 22.2. The number of anilines is 2. The van der Waals surface area contributed by atoms with Crippen LogP contribution in [0.3, 0.4) is 0 Å². The second-order valence-corrected chi connectivity index (χ2v) is 9.33. The van der Waals surface area contributed by atoms with E-state index >= 15 is 0 Å². The van der Waals surface area contributed by atoms with Crippen molar-refractivity contribution >= 4 is 35.1 Å². The second-order valence-electron chi connectivity index (χ2n) is 9.33. The van der Waals surface area contributed by atoms with Crippen LogP contribution in [0.5, 0.6) is 0 Å². The minimum atomic E-state index is -0.702. The molecule has 0 heterocycles. The smallest absolute Gasteiger partial charge is 0.308 e.